The van der Waals surface area contributed by atoms with Crippen LogP contribution in [0.2, 0.25) is 0 Å². The highest BCUT2D eigenvalue weighted by Crippen LogP contribution is 2.32. The topological polar surface area (TPSA) is 51.7 Å². The standard InChI is InChI=1S/C17H18N2O3/c1-12-8-9-14-16(18-12)22-11-10-19(14)17(20)15(21-2)13-6-4-3-5-7-13/h3-9,15H,10-11H2,1-2H3. The van der Waals surface area contributed by atoms with Crippen molar-refractivity contribution in [3.63, 3.8) is 0 Å². The molecule has 1 atom stereocenters. The molecule has 2 aromatic rings. The van der Waals surface area contributed by atoms with Gasteiger partial charge in [0.05, 0.1) is 6.54 Å². The Morgan fingerprint density at radius 2 is 2.05 bits per heavy atom. The van der Waals surface area contributed by atoms with E-state index < -0.39 is 6.10 Å². The minimum Gasteiger partial charge on any atom is -0.474 e. The summed E-state index contributed by atoms with van der Waals surface area (Å²) in [4.78, 5) is 18.9. The van der Waals surface area contributed by atoms with Crippen molar-refractivity contribution in [2.24, 2.45) is 0 Å². The average molecular weight is 298 g/mol. The number of nitrogens with zero attached hydrogens (tertiary/aromatic N) is 2. The van der Waals surface area contributed by atoms with E-state index in [1.54, 1.807) is 12.0 Å². The molecule has 2 heterocycles. The molecule has 5 nitrogen and oxygen atoms in total. The fraction of sp³-hybridized carbons (Fsp3) is 0.294. The zero-order valence-electron chi connectivity index (χ0n) is 12.7. The van der Waals surface area contributed by atoms with E-state index in [-0.39, 0.29) is 5.91 Å². The van der Waals surface area contributed by atoms with E-state index in [0.717, 1.165) is 11.3 Å². The number of fused-ring (bicyclic) bond motifs is 1. The normalized spacial score (nSPS) is 14.9. The monoisotopic (exact) mass is 298 g/mol. The average Bonchev–Trinajstić information content (AvgIpc) is 2.55. The molecule has 0 spiro atoms. The number of anilines is 1. The van der Waals surface area contributed by atoms with Crippen LogP contribution in [-0.2, 0) is 9.53 Å². The number of hydrogen-bond acceptors (Lipinski definition) is 4. The number of rotatable bonds is 3. The zero-order valence-corrected chi connectivity index (χ0v) is 12.7. The number of carbonyl (C=O) groups excluding carboxylic acids is 1. The van der Waals surface area contributed by atoms with Gasteiger partial charge in [-0.1, -0.05) is 30.3 Å². The van der Waals surface area contributed by atoms with Crippen molar-refractivity contribution in [3.8, 4) is 5.88 Å². The summed E-state index contributed by atoms with van der Waals surface area (Å²) in [5.74, 6) is 0.395. The van der Waals surface area contributed by atoms with Gasteiger partial charge in [-0.2, -0.15) is 0 Å². The molecule has 0 N–H and O–H groups in total. The first kappa shape index (κ1) is 14.5. The lowest BCUT2D eigenvalue weighted by molar-refractivity contribution is -0.129. The van der Waals surface area contributed by atoms with Crippen molar-refractivity contribution in [1.29, 1.82) is 0 Å². The predicted molar refractivity (Wildman–Crippen MR) is 83.0 cm³/mol. The van der Waals surface area contributed by atoms with E-state index in [0.29, 0.717) is 24.7 Å². The third-order valence-corrected chi connectivity index (χ3v) is 3.65. The molecule has 1 unspecified atom stereocenters. The second kappa shape index (κ2) is 6.15. The van der Waals surface area contributed by atoms with Crippen LogP contribution in [0.25, 0.3) is 0 Å². The molecular weight excluding hydrogens is 280 g/mol. The lowest BCUT2D eigenvalue weighted by atomic mass is 10.1. The summed E-state index contributed by atoms with van der Waals surface area (Å²) in [6, 6.07) is 13.2. The minimum absolute atomic E-state index is 0.107. The van der Waals surface area contributed by atoms with Gasteiger partial charge in [0.1, 0.15) is 12.3 Å². The highest BCUT2D eigenvalue weighted by atomic mass is 16.5. The summed E-state index contributed by atoms with van der Waals surface area (Å²) in [7, 11) is 1.55. The first-order valence-corrected chi connectivity index (χ1v) is 7.20. The summed E-state index contributed by atoms with van der Waals surface area (Å²) in [5, 5.41) is 0. The quantitative estimate of drug-likeness (QED) is 0.873. The van der Waals surface area contributed by atoms with Crippen molar-refractivity contribution >= 4 is 11.6 Å². The van der Waals surface area contributed by atoms with Crippen LogP contribution in [0.3, 0.4) is 0 Å². The Bertz CT molecular complexity index is 673. The Hall–Kier alpha value is -2.40. The molecule has 114 valence electrons. The van der Waals surface area contributed by atoms with Gasteiger partial charge in [-0.3, -0.25) is 4.79 Å². The number of pyridine rings is 1. The van der Waals surface area contributed by atoms with Crippen molar-refractivity contribution in [2.45, 2.75) is 13.0 Å². The molecule has 0 bridgehead atoms. The first-order valence-electron chi connectivity index (χ1n) is 7.20. The van der Waals surface area contributed by atoms with Crippen molar-refractivity contribution in [1.82, 2.24) is 4.98 Å². The molecule has 22 heavy (non-hydrogen) atoms. The largest absolute Gasteiger partial charge is 0.474 e. The lowest BCUT2D eigenvalue weighted by Crippen LogP contribution is -2.41. The lowest BCUT2D eigenvalue weighted by Gasteiger charge is -2.31. The van der Waals surface area contributed by atoms with E-state index in [1.165, 1.54) is 0 Å². The van der Waals surface area contributed by atoms with Crippen molar-refractivity contribution < 1.29 is 14.3 Å². The molecule has 0 saturated heterocycles. The fourth-order valence-corrected chi connectivity index (χ4v) is 2.57. The Kier molecular flexibility index (Phi) is 4.06. The Morgan fingerprint density at radius 3 is 2.77 bits per heavy atom. The van der Waals surface area contributed by atoms with Crippen LogP contribution in [0, 0.1) is 6.92 Å². The number of amides is 1. The van der Waals surface area contributed by atoms with E-state index in [1.807, 2.05) is 49.4 Å². The highest BCUT2D eigenvalue weighted by Gasteiger charge is 2.31. The Morgan fingerprint density at radius 1 is 1.27 bits per heavy atom. The maximum absolute atomic E-state index is 12.9. The maximum Gasteiger partial charge on any atom is 0.260 e. The van der Waals surface area contributed by atoms with Gasteiger partial charge in [0.2, 0.25) is 5.88 Å². The molecule has 5 heteroatoms. The molecular formula is C17H18N2O3. The maximum atomic E-state index is 12.9. The SMILES string of the molecule is COC(C(=O)N1CCOc2nc(C)ccc21)c1ccccc1. The molecule has 1 aliphatic heterocycles. The summed E-state index contributed by atoms with van der Waals surface area (Å²) in [6.45, 7) is 2.82. The number of benzene rings is 1. The smallest absolute Gasteiger partial charge is 0.260 e. The summed E-state index contributed by atoms with van der Waals surface area (Å²) in [5.41, 5.74) is 2.39. The van der Waals surface area contributed by atoms with Crippen molar-refractivity contribution in [2.75, 3.05) is 25.2 Å². The van der Waals surface area contributed by atoms with Crippen LogP contribution < -0.4 is 9.64 Å². The number of carbonyl (C=O) groups is 1. The van der Waals surface area contributed by atoms with E-state index in [4.69, 9.17) is 9.47 Å². The van der Waals surface area contributed by atoms with E-state index >= 15 is 0 Å². The van der Waals surface area contributed by atoms with Gasteiger partial charge in [-0.05, 0) is 24.6 Å². The molecule has 1 amide bonds. The van der Waals surface area contributed by atoms with Crippen LogP contribution in [0.1, 0.15) is 17.4 Å². The van der Waals surface area contributed by atoms with Gasteiger partial charge >= 0.3 is 0 Å². The number of aromatic nitrogens is 1. The van der Waals surface area contributed by atoms with Crippen LogP contribution in [-0.4, -0.2) is 31.2 Å². The first-order chi connectivity index (χ1) is 10.7. The van der Waals surface area contributed by atoms with Crippen LogP contribution in [0.15, 0.2) is 42.5 Å². The summed E-state index contributed by atoms with van der Waals surface area (Å²) >= 11 is 0. The van der Waals surface area contributed by atoms with Gasteiger partial charge in [-0.25, -0.2) is 4.98 Å². The van der Waals surface area contributed by atoms with E-state index in [2.05, 4.69) is 4.98 Å². The van der Waals surface area contributed by atoms with Gasteiger partial charge in [-0.15, -0.1) is 0 Å². The molecule has 0 aliphatic carbocycles. The third-order valence-electron chi connectivity index (χ3n) is 3.65. The number of aryl methyl sites for hydroxylation is 1. The van der Waals surface area contributed by atoms with Crippen LogP contribution in [0.5, 0.6) is 5.88 Å². The summed E-state index contributed by atoms with van der Waals surface area (Å²) in [6.07, 6.45) is -0.631. The fourth-order valence-electron chi connectivity index (χ4n) is 2.57. The molecule has 1 aliphatic rings. The van der Waals surface area contributed by atoms with Gasteiger partial charge in [0.25, 0.3) is 5.91 Å². The summed E-state index contributed by atoms with van der Waals surface area (Å²) < 4.78 is 11.0. The highest BCUT2D eigenvalue weighted by molar-refractivity contribution is 5.98. The Labute approximate surface area is 129 Å². The van der Waals surface area contributed by atoms with E-state index in [9.17, 15) is 4.79 Å². The third kappa shape index (κ3) is 2.67. The second-order valence-electron chi connectivity index (χ2n) is 5.14. The Balaban J connectivity index is 1.93. The molecule has 0 fully saturated rings. The van der Waals surface area contributed by atoms with Gasteiger partial charge in [0, 0.05) is 12.8 Å². The zero-order chi connectivity index (χ0) is 15.5. The minimum atomic E-state index is -0.631. The van der Waals surface area contributed by atoms with Crippen molar-refractivity contribution in [3.05, 3.63) is 53.7 Å². The van der Waals surface area contributed by atoms with Crippen LogP contribution in [0.4, 0.5) is 5.69 Å². The predicted octanol–water partition coefficient (Wildman–Crippen LogP) is 2.50. The number of ether oxygens (including phenoxy) is 2. The molecule has 1 aromatic heterocycles. The molecule has 0 saturated carbocycles. The molecule has 1 aromatic carbocycles. The number of methoxy groups -OCH3 is 1. The van der Waals surface area contributed by atoms with Gasteiger partial charge < -0.3 is 14.4 Å². The van der Waals surface area contributed by atoms with Crippen LogP contribution >= 0.6 is 0 Å². The molecule has 0 radical (unpaired) electrons. The van der Waals surface area contributed by atoms with Gasteiger partial charge in [0.15, 0.2) is 6.10 Å². The number of hydrogen-bond donors (Lipinski definition) is 0. The second-order valence-corrected chi connectivity index (χ2v) is 5.14. The molecule has 3 rings (SSSR count).